The summed E-state index contributed by atoms with van der Waals surface area (Å²) in [4.78, 5) is 0.501. The predicted octanol–water partition coefficient (Wildman–Crippen LogP) is 2.74. The largest absolute Gasteiger partial charge is 0.375 e. The fourth-order valence-electron chi connectivity index (χ4n) is 1.43. The minimum atomic E-state index is 0.284. The third-order valence-corrected chi connectivity index (χ3v) is 3.13. The van der Waals surface area contributed by atoms with Crippen LogP contribution in [0.15, 0.2) is 0 Å². The van der Waals surface area contributed by atoms with E-state index in [9.17, 15) is 0 Å². The third kappa shape index (κ3) is 3.22. The fourth-order valence-corrected chi connectivity index (χ4v) is 2.29. The van der Waals surface area contributed by atoms with Crippen molar-refractivity contribution in [2.75, 3.05) is 13.2 Å². The van der Waals surface area contributed by atoms with Crippen LogP contribution in [0.3, 0.4) is 0 Å². The summed E-state index contributed by atoms with van der Waals surface area (Å²) in [6.07, 6.45) is 3.87. The molecule has 13 heavy (non-hydrogen) atoms. The van der Waals surface area contributed by atoms with E-state index in [1.54, 1.807) is 0 Å². The number of hydrogen-bond acceptors (Lipinski definition) is 2. The maximum Gasteiger partial charge on any atom is 0.0962 e. The zero-order valence-corrected chi connectivity index (χ0v) is 10.0. The first-order chi connectivity index (χ1) is 6.29. The first-order valence-electron chi connectivity index (χ1n) is 5.16. The van der Waals surface area contributed by atoms with E-state index in [0.29, 0.717) is 10.9 Å². The van der Waals surface area contributed by atoms with Crippen molar-refractivity contribution in [2.45, 2.75) is 50.1 Å². The van der Waals surface area contributed by atoms with Crippen LogP contribution < -0.4 is 0 Å². The molecule has 0 heterocycles. The van der Waals surface area contributed by atoms with Gasteiger partial charge >= 0.3 is 0 Å². The molecule has 0 amide bonds. The van der Waals surface area contributed by atoms with Crippen LogP contribution in [0.5, 0.6) is 0 Å². The summed E-state index contributed by atoms with van der Waals surface area (Å²) in [5, 5.41) is 0. The molecule has 3 unspecified atom stereocenters. The van der Waals surface area contributed by atoms with Crippen LogP contribution in [0, 0.1) is 0 Å². The van der Waals surface area contributed by atoms with Crippen LogP contribution in [-0.4, -0.2) is 30.2 Å². The second kappa shape index (κ2) is 5.99. The Morgan fingerprint density at radius 1 is 1.15 bits per heavy atom. The van der Waals surface area contributed by atoms with Crippen LogP contribution >= 0.6 is 15.9 Å². The van der Waals surface area contributed by atoms with Crippen molar-refractivity contribution in [3.63, 3.8) is 0 Å². The highest BCUT2D eigenvalue weighted by Crippen LogP contribution is 2.33. The van der Waals surface area contributed by atoms with E-state index in [4.69, 9.17) is 9.47 Å². The minimum Gasteiger partial charge on any atom is -0.375 e. The molecule has 1 saturated carbocycles. The molecule has 1 rings (SSSR count). The highest BCUT2D eigenvalue weighted by molar-refractivity contribution is 9.09. The van der Waals surface area contributed by atoms with E-state index < -0.39 is 0 Å². The fraction of sp³-hybridized carbons (Fsp3) is 1.00. The van der Waals surface area contributed by atoms with Crippen molar-refractivity contribution >= 4 is 15.9 Å². The molecule has 78 valence electrons. The Labute approximate surface area is 89.1 Å². The topological polar surface area (TPSA) is 18.5 Å². The normalized spacial score (nSPS) is 33.0. The Kier molecular flexibility index (Phi) is 5.29. The summed E-state index contributed by atoms with van der Waals surface area (Å²) in [5.41, 5.74) is 0. The monoisotopic (exact) mass is 250 g/mol. The predicted molar refractivity (Wildman–Crippen MR) is 57.4 cm³/mol. The quantitative estimate of drug-likeness (QED) is 0.676. The number of ether oxygens (including phenoxy) is 2. The average Bonchev–Trinajstić information content (AvgIpc) is 2.12. The molecule has 0 saturated heterocycles. The van der Waals surface area contributed by atoms with Gasteiger partial charge in [0.2, 0.25) is 0 Å². The molecule has 2 nitrogen and oxygen atoms in total. The van der Waals surface area contributed by atoms with Gasteiger partial charge < -0.3 is 9.47 Å². The van der Waals surface area contributed by atoms with Gasteiger partial charge in [-0.3, -0.25) is 0 Å². The Hall–Kier alpha value is 0.400. The molecule has 0 aliphatic heterocycles. The number of halogens is 1. The van der Waals surface area contributed by atoms with Crippen LogP contribution in [0.1, 0.15) is 33.1 Å². The molecule has 0 radical (unpaired) electrons. The molecule has 0 aromatic rings. The van der Waals surface area contributed by atoms with Crippen molar-refractivity contribution < 1.29 is 9.47 Å². The Bertz CT molecular complexity index is 141. The SMILES string of the molecule is CCCOC1CC(Br)C1OCCC. The lowest BCUT2D eigenvalue weighted by Crippen LogP contribution is -2.50. The summed E-state index contributed by atoms with van der Waals surface area (Å²) in [7, 11) is 0. The molecule has 0 aromatic heterocycles. The molecule has 3 atom stereocenters. The lowest BCUT2D eigenvalue weighted by Gasteiger charge is -2.40. The second-order valence-electron chi connectivity index (χ2n) is 3.50. The molecule has 3 heteroatoms. The first kappa shape index (κ1) is 11.5. The van der Waals surface area contributed by atoms with Crippen molar-refractivity contribution in [3.05, 3.63) is 0 Å². The molecule has 0 spiro atoms. The maximum atomic E-state index is 5.68. The molecule has 1 aliphatic rings. The van der Waals surface area contributed by atoms with Crippen molar-refractivity contribution in [2.24, 2.45) is 0 Å². The summed E-state index contributed by atoms with van der Waals surface area (Å²) >= 11 is 3.58. The minimum absolute atomic E-state index is 0.284. The third-order valence-electron chi connectivity index (χ3n) is 2.23. The van der Waals surface area contributed by atoms with E-state index in [1.807, 2.05) is 0 Å². The second-order valence-corrected chi connectivity index (χ2v) is 4.67. The maximum absolute atomic E-state index is 5.68. The van der Waals surface area contributed by atoms with Gasteiger partial charge in [-0.25, -0.2) is 0 Å². The summed E-state index contributed by atoms with van der Waals surface area (Å²) in [5.74, 6) is 0. The van der Waals surface area contributed by atoms with Crippen LogP contribution in [0.4, 0.5) is 0 Å². The average molecular weight is 251 g/mol. The van der Waals surface area contributed by atoms with Gasteiger partial charge in [0.1, 0.15) is 0 Å². The highest BCUT2D eigenvalue weighted by Gasteiger charge is 2.40. The van der Waals surface area contributed by atoms with E-state index in [0.717, 1.165) is 32.5 Å². The molecule has 0 aromatic carbocycles. The molecule has 1 fully saturated rings. The lowest BCUT2D eigenvalue weighted by atomic mass is 9.91. The van der Waals surface area contributed by atoms with Gasteiger partial charge in [0.15, 0.2) is 0 Å². The summed E-state index contributed by atoms with van der Waals surface area (Å²) in [6.45, 7) is 5.96. The summed E-state index contributed by atoms with van der Waals surface area (Å²) in [6, 6.07) is 0. The van der Waals surface area contributed by atoms with E-state index in [2.05, 4.69) is 29.8 Å². The Balaban J connectivity index is 2.16. The van der Waals surface area contributed by atoms with Gasteiger partial charge in [0.05, 0.1) is 12.2 Å². The van der Waals surface area contributed by atoms with Gasteiger partial charge in [-0.15, -0.1) is 0 Å². The van der Waals surface area contributed by atoms with Crippen molar-refractivity contribution in [1.29, 1.82) is 0 Å². The van der Waals surface area contributed by atoms with Crippen LogP contribution in [0.25, 0.3) is 0 Å². The Morgan fingerprint density at radius 2 is 1.77 bits per heavy atom. The van der Waals surface area contributed by atoms with Gasteiger partial charge in [-0.1, -0.05) is 29.8 Å². The van der Waals surface area contributed by atoms with Gasteiger partial charge in [0, 0.05) is 18.0 Å². The molecule has 0 bridgehead atoms. The van der Waals surface area contributed by atoms with Crippen LogP contribution in [-0.2, 0) is 9.47 Å². The number of alkyl halides is 1. The molecule has 0 N–H and O–H groups in total. The number of hydrogen-bond donors (Lipinski definition) is 0. The van der Waals surface area contributed by atoms with Gasteiger partial charge in [0.25, 0.3) is 0 Å². The smallest absolute Gasteiger partial charge is 0.0962 e. The first-order valence-corrected chi connectivity index (χ1v) is 6.08. The van der Waals surface area contributed by atoms with Crippen molar-refractivity contribution in [3.8, 4) is 0 Å². The zero-order valence-electron chi connectivity index (χ0n) is 8.46. The standard InChI is InChI=1S/C10H19BrO2/c1-3-5-12-9-7-8(11)10(9)13-6-4-2/h8-10H,3-7H2,1-2H3. The molecule has 1 aliphatic carbocycles. The lowest BCUT2D eigenvalue weighted by molar-refractivity contribution is -0.121. The van der Waals surface area contributed by atoms with E-state index in [1.165, 1.54) is 0 Å². The number of rotatable bonds is 6. The Morgan fingerprint density at radius 3 is 2.31 bits per heavy atom. The molecular weight excluding hydrogens is 232 g/mol. The van der Waals surface area contributed by atoms with Crippen molar-refractivity contribution in [1.82, 2.24) is 0 Å². The van der Waals surface area contributed by atoms with E-state index >= 15 is 0 Å². The summed E-state index contributed by atoms with van der Waals surface area (Å²) < 4.78 is 11.3. The highest BCUT2D eigenvalue weighted by atomic mass is 79.9. The van der Waals surface area contributed by atoms with Gasteiger partial charge in [-0.2, -0.15) is 0 Å². The van der Waals surface area contributed by atoms with Crippen LogP contribution in [0.2, 0.25) is 0 Å². The molecular formula is C10H19BrO2. The van der Waals surface area contributed by atoms with Gasteiger partial charge in [-0.05, 0) is 19.3 Å². The zero-order chi connectivity index (χ0) is 9.68. The van der Waals surface area contributed by atoms with E-state index in [-0.39, 0.29) is 6.10 Å².